The van der Waals surface area contributed by atoms with Crippen LogP contribution in [0.4, 0.5) is 5.82 Å². The summed E-state index contributed by atoms with van der Waals surface area (Å²) in [5.74, 6) is -1.10. The Morgan fingerprint density at radius 2 is 2.00 bits per heavy atom. The number of aromatic carboxylic acids is 1. The van der Waals surface area contributed by atoms with E-state index < -0.39 is 5.97 Å². The van der Waals surface area contributed by atoms with Crippen LogP contribution in [0.3, 0.4) is 0 Å². The second-order valence-electron chi connectivity index (χ2n) is 4.89. The van der Waals surface area contributed by atoms with Crippen LogP contribution in [0.1, 0.15) is 10.5 Å². The third-order valence-electron chi connectivity index (χ3n) is 3.33. The van der Waals surface area contributed by atoms with Crippen molar-refractivity contribution < 1.29 is 14.7 Å². The second kappa shape index (κ2) is 6.10. The van der Waals surface area contributed by atoms with Crippen LogP contribution in [0.15, 0.2) is 48.7 Å². The molecule has 0 bridgehead atoms. The molecule has 0 aliphatic rings. The SMILES string of the molecule is O=C(Cn1c(C(=O)O)cc2ccccc21)Nc1ccc(Cl)cn1. The van der Waals surface area contributed by atoms with Crippen molar-refractivity contribution in [2.24, 2.45) is 0 Å². The number of para-hydroxylation sites is 1. The van der Waals surface area contributed by atoms with Crippen LogP contribution in [0, 0.1) is 0 Å². The number of halogens is 1. The largest absolute Gasteiger partial charge is 0.477 e. The van der Waals surface area contributed by atoms with Gasteiger partial charge in [-0.15, -0.1) is 0 Å². The lowest BCUT2D eigenvalue weighted by Crippen LogP contribution is -2.21. The summed E-state index contributed by atoms with van der Waals surface area (Å²) < 4.78 is 1.46. The van der Waals surface area contributed by atoms with E-state index in [2.05, 4.69) is 10.3 Å². The topological polar surface area (TPSA) is 84.2 Å². The fourth-order valence-corrected chi connectivity index (χ4v) is 2.45. The molecule has 0 aliphatic carbocycles. The van der Waals surface area contributed by atoms with Gasteiger partial charge in [-0.3, -0.25) is 4.79 Å². The summed E-state index contributed by atoms with van der Waals surface area (Å²) in [6.45, 7) is -0.126. The molecule has 116 valence electrons. The van der Waals surface area contributed by atoms with Gasteiger partial charge < -0.3 is 15.0 Å². The monoisotopic (exact) mass is 329 g/mol. The first-order valence-corrected chi connectivity index (χ1v) is 7.15. The number of nitrogens with one attached hydrogen (secondary N) is 1. The summed E-state index contributed by atoms with van der Waals surface area (Å²) >= 11 is 5.74. The first kappa shape index (κ1) is 15.1. The van der Waals surface area contributed by atoms with Crippen LogP contribution in [-0.4, -0.2) is 26.5 Å². The Balaban J connectivity index is 1.88. The maximum Gasteiger partial charge on any atom is 0.352 e. The van der Waals surface area contributed by atoms with Crippen molar-refractivity contribution >= 4 is 40.2 Å². The van der Waals surface area contributed by atoms with Gasteiger partial charge in [-0.2, -0.15) is 0 Å². The zero-order chi connectivity index (χ0) is 16.4. The number of anilines is 1. The number of carbonyl (C=O) groups is 2. The molecular formula is C16H12ClN3O3. The number of benzene rings is 1. The van der Waals surface area contributed by atoms with E-state index in [4.69, 9.17) is 11.6 Å². The van der Waals surface area contributed by atoms with Crippen LogP contribution in [0.5, 0.6) is 0 Å². The Morgan fingerprint density at radius 1 is 1.22 bits per heavy atom. The molecule has 0 fully saturated rings. The molecule has 0 spiro atoms. The lowest BCUT2D eigenvalue weighted by atomic mass is 10.2. The Morgan fingerprint density at radius 3 is 2.70 bits per heavy atom. The number of hydrogen-bond acceptors (Lipinski definition) is 3. The molecule has 2 aromatic heterocycles. The van der Waals surface area contributed by atoms with Gasteiger partial charge in [0, 0.05) is 17.1 Å². The zero-order valence-electron chi connectivity index (χ0n) is 11.9. The Hall–Kier alpha value is -2.86. The average molecular weight is 330 g/mol. The van der Waals surface area contributed by atoms with Crippen molar-refractivity contribution in [1.82, 2.24) is 9.55 Å². The predicted octanol–water partition coefficient (Wildman–Crippen LogP) is 3.03. The molecule has 1 amide bonds. The van der Waals surface area contributed by atoms with Gasteiger partial charge in [-0.05, 0) is 24.3 Å². The molecule has 2 heterocycles. The smallest absolute Gasteiger partial charge is 0.352 e. The maximum absolute atomic E-state index is 12.2. The van der Waals surface area contributed by atoms with Gasteiger partial charge in [0.1, 0.15) is 18.1 Å². The predicted molar refractivity (Wildman–Crippen MR) is 86.8 cm³/mol. The number of fused-ring (bicyclic) bond motifs is 1. The molecule has 23 heavy (non-hydrogen) atoms. The number of carboxylic acids is 1. The number of carboxylic acid groups (broad SMARTS) is 1. The third kappa shape index (κ3) is 3.17. The highest BCUT2D eigenvalue weighted by molar-refractivity contribution is 6.30. The van der Waals surface area contributed by atoms with E-state index in [0.29, 0.717) is 16.4 Å². The van der Waals surface area contributed by atoms with Gasteiger partial charge in [0.25, 0.3) is 0 Å². The molecule has 0 aliphatic heterocycles. The third-order valence-corrected chi connectivity index (χ3v) is 3.55. The van der Waals surface area contributed by atoms with E-state index in [1.165, 1.54) is 10.8 Å². The number of rotatable bonds is 4. The minimum absolute atomic E-state index is 0.0606. The first-order chi connectivity index (χ1) is 11.0. The minimum Gasteiger partial charge on any atom is -0.477 e. The average Bonchev–Trinajstić information content (AvgIpc) is 2.89. The highest BCUT2D eigenvalue weighted by Crippen LogP contribution is 2.20. The fraction of sp³-hybridized carbons (Fsp3) is 0.0625. The summed E-state index contributed by atoms with van der Waals surface area (Å²) in [4.78, 5) is 27.6. The first-order valence-electron chi connectivity index (χ1n) is 6.77. The van der Waals surface area contributed by atoms with Gasteiger partial charge in [0.05, 0.1) is 5.02 Å². The van der Waals surface area contributed by atoms with Crippen molar-refractivity contribution in [1.29, 1.82) is 0 Å². The quantitative estimate of drug-likeness (QED) is 0.770. The molecule has 0 unspecified atom stereocenters. The summed E-state index contributed by atoms with van der Waals surface area (Å²) in [6, 6.07) is 11.9. The Bertz CT molecular complexity index is 887. The van der Waals surface area contributed by atoms with Crippen LogP contribution >= 0.6 is 11.6 Å². The summed E-state index contributed by atoms with van der Waals surface area (Å²) in [5.41, 5.74) is 0.745. The Labute approximate surface area is 136 Å². The van der Waals surface area contributed by atoms with E-state index in [1.807, 2.05) is 6.07 Å². The number of hydrogen-bond donors (Lipinski definition) is 2. The normalized spacial score (nSPS) is 10.7. The summed E-state index contributed by atoms with van der Waals surface area (Å²) in [5, 5.41) is 13.2. The number of amides is 1. The second-order valence-corrected chi connectivity index (χ2v) is 5.33. The number of carbonyl (C=O) groups excluding carboxylic acids is 1. The molecule has 0 saturated carbocycles. The molecular weight excluding hydrogens is 318 g/mol. The van der Waals surface area contributed by atoms with E-state index in [1.54, 1.807) is 36.4 Å². The summed E-state index contributed by atoms with van der Waals surface area (Å²) in [6.07, 6.45) is 1.42. The van der Waals surface area contributed by atoms with Gasteiger partial charge in [-0.25, -0.2) is 9.78 Å². The molecule has 1 aromatic carbocycles. The zero-order valence-corrected chi connectivity index (χ0v) is 12.6. The number of aromatic nitrogens is 2. The van der Waals surface area contributed by atoms with Gasteiger partial charge in [0.15, 0.2) is 0 Å². The molecule has 0 saturated heterocycles. The van der Waals surface area contributed by atoms with Crippen molar-refractivity contribution in [3.05, 3.63) is 59.4 Å². The molecule has 0 radical (unpaired) electrons. The number of pyridine rings is 1. The molecule has 3 aromatic rings. The minimum atomic E-state index is -1.08. The van der Waals surface area contributed by atoms with Crippen LogP contribution in [0.25, 0.3) is 10.9 Å². The fourth-order valence-electron chi connectivity index (χ4n) is 2.33. The van der Waals surface area contributed by atoms with Crippen molar-refractivity contribution in [2.75, 3.05) is 5.32 Å². The molecule has 7 heteroatoms. The van der Waals surface area contributed by atoms with Crippen molar-refractivity contribution in [3.63, 3.8) is 0 Å². The molecule has 0 atom stereocenters. The molecule has 3 rings (SSSR count). The highest BCUT2D eigenvalue weighted by Gasteiger charge is 2.16. The maximum atomic E-state index is 12.2. The summed E-state index contributed by atoms with van der Waals surface area (Å²) in [7, 11) is 0. The van der Waals surface area contributed by atoms with E-state index in [-0.39, 0.29) is 18.1 Å². The van der Waals surface area contributed by atoms with E-state index in [9.17, 15) is 14.7 Å². The lowest BCUT2D eigenvalue weighted by Gasteiger charge is -2.09. The van der Waals surface area contributed by atoms with Crippen LogP contribution in [0.2, 0.25) is 5.02 Å². The lowest BCUT2D eigenvalue weighted by molar-refractivity contribution is -0.116. The molecule has 2 N–H and O–H groups in total. The van der Waals surface area contributed by atoms with Crippen LogP contribution < -0.4 is 5.32 Å². The number of nitrogens with zero attached hydrogens (tertiary/aromatic N) is 2. The van der Waals surface area contributed by atoms with E-state index in [0.717, 1.165) is 5.39 Å². The van der Waals surface area contributed by atoms with Crippen molar-refractivity contribution in [3.8, 4) is 0 Å². The van der Waals surface area contributed by atoms with Gasteiger partial charge in [-0.1, -0.05) is 29.8 Å². The highest BCUT2D eigenvalue weighted by atomic mass is 35.5. The van der Waals surface area contributed by atoms with Gasteiger partial charge >= 0.3 is 5.97 Å². The van der Waals surface area contributed by atoms with E-state index >= 15 is 0 Å². The Kier molecular flexibility index (Phi) is 3.99. The van der Waals surface area contributed by atoms with Crippen LogP contribution in [-0.2, 0) is 11.3 Å². The molecule has 6 nitrogen and oxygen atoms in total. The van der Waals surface area contributed by atoms with Crippen molar-refractivity contribution in [2.45, 2.75) is 6.54 Å². The van der Waals surface area contributed by atoms with Gasteiger partial charge in [0.2, 0.25) is 5.91 Å². The standard InChI is InChI=1S/C16H12ClN3O3/c17-11-5-6-14(18-8-11)19-15(21)9-20-12-4-2-1-3-10(12)7-13(20)16(22)23/h1-8H,9H2,(H,22,23)(H,18,19,21).